The van der Waals surface area contributed by atoms with Crippen molar-refractivity contribution in [2.45, 2.75) is 0 Å². The van der Waals surface area contributed by atoms with E-state index in [-0.39, 0.29) is 27.9 Å². The quantitative estimate of drug-likeness (QED) is 0.668. The average Bonchev–Trinajstić information content (AvgIpc) is 2.83. The summed E-state index contributed by atoms with van der Waals surface area (Å²) in [4.78, 5) is 22.5. The number of rotatable bonds is 1. The molecule has 0 unspecified atom stereocenters. The molecule has 0 atom stereocenters. The molecule has 0 amide bonds. The molecule has 0 bridgehead atoms. The van der Waals surface area contributed by atoms with Crippen LogP contribution < -0.4 is 10.6 Å². The van der Waals surface area contributed by atoms with E-state index >= 15 is 0 Å². The van der Waals surface area contributed by atoms with Crippen LogP contribution in [0, 0.1) is 0 Å². The number of hydrogen-bond acceptors (Lipinski definition) is 6. The molecule has 0 aliphatic heterocycles. The van der Waals surface area contributed by atoms with Gasteiger partial charge in [0.25, 0.3) is 11.9 Å². The van der Waals surface area contributed by atoms with E-state index in [4.69, 9.17) is 13.9 Å². The van der Waals surface area contributed by atoms with Crippen molar-refractivity contribution in [1.29, 1.82) is 0 Å². The standard InChI is InChI=1S/C12H6O6/c13-6-3-5-9(4-7(6)14)18-12(16)11(5)8-1-2-10(15)17-8/h1-4,15-16H. The highest BCUT2D eigenvalue weighted by Crippen LogP contribution is 2.29. The molecule has 1 aliphatic rings. The maximum atomic E-state index is 11.3. The van der Waals surface area contributed by atoms with Crippen molar-refractivity contribution < 1.29 is 28.6 Å². The summed E-state index contributed by atoms with van der Waals surface area (Å²) in [5.41, 5.74) is 0.213. The maximum Gasteiger partial charge on any atom is 0.294 e. The first-order valence-electron chi connectivity index (χ1n) is 4.99. The van der Waals surface area contributed by atoms with Gasteiger partial charge in [-0.3, -0.25) is 9.59 Å². The van der Waals surface area contributed by atoms with Crippen molar-refractivity contribution in [3.63, 3.8) is 0 Å². The van der Waals surface area contributed by atoms with Gasteiger partial charge in [-0.15, -0.1) is 0 Å². The number of ketones is 2. The number of Topliss-reactive ketones (excluding diaryl/α,β-unsaturated/α-hetero) is 2. The molecule has 6 nitrogen and oxygen atoms in total. The van der Waals surface area contributed by atoms with Crippen LogP contribution in [0.25, 0.3) is 23.5 Å². The fraction of sp³-hybridized carbons (Fsp3) is 0. The zero-order valence-electron chi connectivity index (χ0n) is 8.84. The Labute approximate surface area is 99.1 Å². The van der Waals surface area contributed by atoms with Gasteiger partial charge in [0.15, 0.2) is 0 Å². The van der Waals surface area contributed by atoms with Gasteiger partial charge in [0.1, 0.15) is 16.7 Å². The summed E-state index contributed by atoms with van der Waals surface area (Å²) in [7, 11) is 0. The second-order valence-electron chi connectivity index (χ2n) is 3.72. The highest BCUT2D eigenvalue weighted by Gasteiger charge is 2.22. The van der Waals surface area contributed by atoms with Gasteiger partial charge in [-0.2, -0.15) is 0 Å². The number of carbonyl (C=O) groups is 2. The first-order valence-corrected chi connectivity index (χ1v) is 4.99. The van der Waals surface area contributed by atoms with E-state index in [1.807, 2.05) is 0 Å². The molecule has 0 saturated carbocycles. The van der Waals surface area contributed by atoms with Crippen molar-refractivity contribution >= 4 is 23.7 Å². The highest BCUT2D eigenvalue weighted by molar-refractivity contribution is 6.57. The summed E-state index contributed by atoms with van der Waals surface area (Å²) in [6, 6.07) is 2.70. The Morgan fingerprint density at radius 2 is 1.67 bits per heavy atom. The molecule has 0 saturated heterocycles. The first-order chi connectivity index (χ1) is 8.56. The van der Waals surface area contributed by atoms with Crippen LogP contribution in [0.15, 0.2) is 21.0 Å². The normalized spacial score (nSPS) is 14.0. The van der Waals surface area contributed by atoms with Gasteiger partial charge < -0.3 is 19.0 Å². The van der Waals surface area contributed by atoms with Crippen LogP contribution in [0.5, 0.6) is 11.9 Å². The second kappa shape index (κ2) is 3.36. The fourth-order valence-corrected chi connectivity index (χ4v) is 1.79. The number of hydrogen-bond donors (Lipinski definition) is 2. The average molecular weight is 246 g/mol. The first kappa shape index (κ1) is 10.4. The topological polar surface area (TPSA) is 101 Å². The largest absolute Gasteiger partial charge is 0.481 e. The summed E-state index contributed by atoms with van der Waals surface area (Å²) in [6.45, 7) is 0. The summed E-state index contributed by atoms with van der Waals surface area (Å²) < 4.78 is 9.92. The molecule has 2 aromatic rings. The molecule has 2 heterocycles. The van der Waals surface area contributed by atoms with Gasteiger partial charge in [-0.25, -0.2) is 0 Å². The van der Waals surface area contributed by atoms with Crippen LogP contribution >= 0.6 is 0 Å². The lowest BCUT2D eigenvalue weighted by Crippen LogP contribution is -2.31. The van der Waals surface area contributed by atoms with Crippen LogP contribution in [0.2, 0.25) is 0 Å². The van der Waals surface area contributed by atoms with E-state index in [1.165, 1.54) is 12.1 Å². The van der Waals surface area contributed by atoms with E-state index < -0.39 is 17.5 Å². The van der Waals surface area contributed by atoms with Crippen LogP contribution in [-0.2, 0) is 9.59 Å². The second-order valence-corrected chi connectivity index (χ2v) is 3.72. The molecule has 2 aromatic heterocycles. The number of aromatic hydroxyl groups is 2. The lowest BCUT2D eigenvalue weighted by atomic mass is 10.1. The molecule has 18 heavy (non-hydrogen) atoms. The van der Waals surface area contributed by atoms with Gasteiger partial charge in [-0.1, -0.05) is 0 Å². The van der Waals surface area contributed by atoms with Crippen LogP contribution in [-0.4, -0.2) is 21.8 Å². The Kier molecular flexibility index (Phi) is 1.94. The van der Waals surface area contributed by atoms with Crippen molar-refractivity contribution in [2.24, 2.45) is 0 Å². The maximum absolute atomic E-state index is 11.3. The summed E-state index contributed by atoms with van der Waals surface area (Å²) in [5, 5.41) is 19.0. The SMILES string of the molecule is O=C1C=c2oc(O)c(-c3ccc(O)o3)c2=CC1=O. The van der Waals surface area contributed by atoms with Gasteiger partial charge in [-0.05, 0) is 6.07 Å². The monoisotopic (exact) mass is 246 g/mol. The number of carbonyl (C=O) groups excluding carboxylic acids is 2. The lowest BCUT2D eigenvalue weighted by Gasteiger charge is -1.94. The molecule has 3 rings (SSSR count). The molecule has 6 heteroatoms. The van der Waals surface area contributed by atoms with E-state index in [2.05, 4.69) is 0 Å². The minimum atomic E-state index is -0.718. The van der Waals surface area contributed by atoms with Gasteiger partial charge in [0, 0.05) is 23.4 Å². The van der Waals surface area contributed by atoms with E-state index in [0.717, 1.165) is 12.2 Å². The Bertz CT molecular complexity index is 789. The van der Waals surface area contributed by atoms with Gasteiger partial charge in [0.05, 0.1) is 0 Å². The van der Waals surface area contributed by atoms with Gasteiger partial charge in [0.2, 0.25) is 11.6 Å². The highest BCUT2D eigenvalue weighted by atomic mass is 16.5. The molecular weight excluding hydrogens is 240 g/mol. The fourth-order valence-electron chi connectivity index (χ4n) is 1.79. The smallest absolute Gasteiger partial charge is 0.294 e. The molecule has 0 aromatic carbocycles. The zero-order valence-corrected chi connectivity index (χ0v) is 8.84. The Morgan fingerprint density at radius 3 is 2.33 bits per heavy atom. The van der Waals surface area contributed by atoms with Crippen molar-refractivity contribution in [3.05, 3.63) is 22.8 Å². The number of furan rings is 2. The number of fused-ring (bicyclic) bond motifs is 1. The summed E-state index contributed by atoms with van der Waals surface area (Å²) >= 11 is 0. The third-order valence-electron chi connectivity index (χ3n) is 2.57. The minimum Gasteiger partial charge on any atom is -0.481 e. The molecule has 0 radical (unpaired) electrons. The van der Waals surface area contributed by atoms with Crippen molar-refractivity contribution in [1.82, 2.24) is 0 Å². The Balaban J connectivity index is 2.37. The Morgan fingerprint density at radius 1 is 0.944 bits per heavy atom. The molecule has 1 aliphatic carbocycles. The molecule has 2 N–H and O–H groups in total. The third kappa shape index (κ3) is 1.36. The van der Waals surface area contributed by atoms with Gasteiger partial charge >= 0.3 is 0 Å². The molecule has 0 spiro atoms. The van der Waals surface area contributed by atoms with E-state index in [0.29, 0.717) is 0 Å². The van der Waals surface area contributed by atoms with Crippen LogP contribution in [0.4, 0.5) is 0 Å². The van der Waals surface area contributed by atoms with Crippen LogP contribution in [0.3, 0.4) is 0 Å². The Hall–Kier alpha value is -2.76. The summed E-state index contributed by atoms with van der Waals surface area (Å²) in [5.74, 6) is -2.10. The molecule has 90 valence electrons. The zero-order chi connectivity index (χ0) is 12.9. The molecular formula is C12H6O6. The predicted molar refractivity (Wildman–Crippen MR) is 57.9 cm³/mol. The lowest BCUT2D eigenvalue weighted by molar-refractivity contribution is -0.129. The van der Waals surface area contributed by atoms with Crippen molar-refractivity contribution in [2.75, 3.05) is 0 Å². The van der Waals surface area contributed by atoms with E-state index in [1.54, 1.807) is 0 Å². The van der Waals surface area contributed by atoms with Crippen molar-refractivity contribution in [3.8, 4) is 23.2 Å². The third-order valence-corrected chi connectivity index (χ3v) is 2.57. The minimum absolute atomic E-state index is 0.0861. The van der Waals surface area contributed by atoms with E-state index in [9.17, 15) is 14.7 Å². The van der Waals surface area contributed by atoms with Crippen LogP contribution in [0.1, 0.15) is 0 Å². The summed E-state index contributed by atoms with van der Waals surface area (Å²) in [6.07, 6.45) is 2.07. The molecule has 0 fully saturated rings. The predicted octanol–water partition coefficient (Wildman–Crippen LogP) is -0.336.